The number of ether oxygens (including phenoxy) is 5. The van der Waals surface area contributed by atoms with Crippen molar-refractivity contribution >= 4 is 59.5 Å². The smallest absolute Gasteiger partial charge is 0.419 e. The number of Topliss-reactive ketones (excluding diaryl/α,β-unsaturated/α-hetero) is 1. The molecule has 5 heterocycles. The summed E-state index contributed by atoms with van der Waals surface area (Å²) in [5.74, 6) is -0.187. The fourth-order valence-electron chi connectivity index (χ4n) is 19.7. The van der Waals surface area contributed by atoms with E-state index >= 15 is 0 Å². The van der Waals surface area contributed by atoms with Gasteiger partial charge in [0.25, 0.3) is 0 Å². The number of carbonyl (C=O) groups excluding carboxylic acids is 9. The number of amides is 3. The number of aliphatic carboxylic acids is 1. The number of benzene rings is 4. The van der Waals surface area contributed by atoms with Crippen LogP contribution in [-0.4, -0.2) is 214 Å². The Morgan fingerprint density at radius 2 is 0.768 bits per heavy atom. The Balaban J connectivity index is 0.000000212. The van der Waals surface area contributed by atoms with Gasteiger partial charge in [0.05, 0.1) is 44.6 Å². The Kier molecular flexibility index (Phi) is 45.8. The molecule has 0 bridgehead atoms. The summed E-state index contributed by atoms with van der Waals surface area (Å²) in [6.07, 6.45) is 29.1. The number of carbonyl (C=O) groups is 10. The average molecular weight is 1740 g/mol. The van der Waals surface area contributed by atoms with Gasteiger partial charge in [-0.3, -0.25) is 49.6 Å². The van der Waals surface area contributed by atoms with Crippen LogP contribution in [0, 0.1) is 23.7 Å². The summed E-state index contributed by atoms with van der Waals surface area (Å²) in [6, 6.07) is 38.2. The summed E-state index contributed by atoms with van der Waals surface area (Å²) in [5, 5.41) is 34.1. The minimum Gasteiger partial charge on any atom is -0.480 e. The van der Waals surface area contributed by atoms with Crippen LogP contribution in [0.4, 0.5) is 4.79 Å². The van der Waals surface area contributed by atoms with Crippen LogP contribution in [0.2, 0.25) is 0 Å². The van der Waals surface area contributed by atoms with Crippen LogP contribution in [0.3, 0.4) is 0 Å². The molecule has 5 aliphatic heterocycles. The quantitative estimate of drug-likeness (QED) is 0.0140. The van der Waals surface area contributed by atoms with Crippen LogP contribution in [-0.2, 0) is 92.5 Å². The maximum atomic E-state index is 13.4. The molecular formula is C100H152N8O17. The van der Waals surface area contributed by atoms with Gasteiger partial charge in [-0.25, -0.2) is 19.2 Å². The van der Waals surface area contributed by atoms with Crippen LogP contribution in [0.15, 0.2) is 121 Å². The minimum atomic E-state index is -0.944. The van der Waals surface area contributed by atoms with E-state index in [1.54, 1.807) is 53.4 Å². The zero-order valence-electron chi connectivity index (χ0n) is 77.3. The number of nitrogens with zero attached hydrogens (tertiary/aromatic N) is 3. The number of likely N-dealkylation sites (tertiary alicyclic amines) is 2. The number of aliphatic hydroxyl groups is 1. The standard InChI is InChI=1S/C24H34N2O5.C24H36N2O3.C16H19NO5.C16H23NO3.2C9H17N.C2H6O/c1-3-31-24(30)19(14-13-17-9-5-4-6-10-17)25-16(2)22(27)26-20-12-8-7-11-18(20)15-21(26)23(28)29;1-4-29-24(28)21(15-14-19-10-6-5-7-11-19)25-18(3)23(27)26-17(2)16-20-12-8-9-13-22(20)26;1-3-21-15(19)13(10-9-12-7-5-4-6-8-12)17-11(2)14(18)22-16(17)20;1-4-20-16(19)15(17-12(2)13(3)18)11-10-14-8-6-5-7-9-14;2*1-7-6-8-4-2-3-5-9(8)10-7;1-2-3/h4-6,9-10,16,18-21,25H,3,7-8,11-15H2,1-2H3,(H,28,29);5-7,10-11,17-18,20-22,25H,4,8-9,12-16H2,1-3H3;4-8,11,13H,3,9-10H2,1-2H3;5-9,12,15,17H,4,10-11H2,1-3H3;2*7-10H,2-6H2,1H3;3H,2H2,1H3/t16-,18+,19-,20-,21-;17-,18+,20-,21+,22+;11-,13-;12-,15-;2*7-,8-,9+;/m010011./s1. The molecular weight excluding hydrogens is 1590 g/mol. The second-order valence-corrected chi connectivity index (χ2v) is 35.4. The van der Waals surface area contributed by atoms with E-state index in [1.165, 1.54) is 106 Å². The molecule has 7 N–H and O–H groups in total. The maximum absolute atomic E-state index is 13.4. The Hall–Kier alpha value is -8.46. The molecule has 9 fully saturated rings. The van der Waals surface area contributed by atoms with Crippen LogP contribution in [0.25, 0.3) is 0 Å². The lowest BCUT2D eigenvalue weighted by Crippen LogP contribution is -2.55. The van der Waals surface area contributed by atoms with Crippen LogP contribution in [0.1, 0.15) is 266 Å². The SMILES string of the molecule is CCO.CCOC(=O)[C@H](CCc1ccccc1)N1C(=O)OC(=O)[C@@H]1C.CCOC(=O)[C@H](CCc1ccccc1)N[C@@H](C)C(=O)N1[C@H](C(=O)O)C[C@H]2CCCC[C@@H]21.CCOC(=O)[C@H](CCc1ccccc1)N[C@@H](C)C(=O)N1[C@H](C)C[C@H]2CCCC[C@@H]21.CCOC(=O)[C@H](CCc1ccccc1)N[C@@H](C)C(C)=O.C[C@@H]1C[C@H]2CCCC[C@@H]2N1.C[C@@H]1C[C@H]2CCCC[C@@H]2N1. The number of ketones is 1. The van der Waals surface area contributed by atoms with Gasteiger partial charge in [0, 0.05) is 48.9 Å². The number of aliphatic hydroxyl groups excluding tert-OH is 1. The first kappa shape index (κ1) is 104. The van der Waals surface area contributed by atoms with E-state index < -0.39 is 72.3 Å². The van der Waals surface area contributed by atoms with Gasteiger partial charge in [-0.05, 0) is 264 Å². The van der Waals surface area contributed by atoms with Crippen LogP contribution < -0.4 is 26.6 Å². The van der Waals surface area contributed by atoms with Crippen molar-refractivity contribution in [1.82, 2.24) is 41.3 Å². The number of cyclic esters (lactones) is 2. The van der Waals surface area contributed by atoms with Gasteiger partial charge in [0.2, 0.25) is 11.8 Å². The van der Waals surface area contributed by atoms with Gasteiger partial charge >= 0.3 is 41.9 Å². The number of carboxylic acids is 1. The summed E-state index contributed by atoms with van der Waals surface area (Å²) in [5.41, 5.74) is 4.50. The van der Waals surface area contributed by atoms with E-state index in [2.05, 4.69) is 69.1 Å². The van der Waals surface area contributed by atoms with E-state index in [0.717, 1.165) is 98.5 Å². The second kappa shape index (κ2) is 55.3. The fraction of sp³-hybridized carbons (Fsp3) is 0.660. The summed E-state index contributed by atoms with van der Waals surface area (Å²) in [7, 11) is 0. The highest BCUT2D eigenvalue weighted by atomic mass is 16.6. The third kappa shape index (κ3) is 33.3. The Bertz CT molecular complexity index is 3830. The van der Waals surface area contributed by atoms with Crippen molar-refractivity contribution in [2.45, 2.75) is 366 Å². The lowest BCUT2D eigenvalue weighted by atomic mass is 9.84. The van der Waals surface area contributed by atoms with E-state index in [9.17, 15) is 53.1 Å². The maximum Gasteiger partial charge on any atom is 0.419 e. The molecule has 0 spiro atoms. The second-order valence-electron chi connectivity index (χ2n) is 35.4. The van der Waals surface area contributed by atoms with Crippen molar-refractivity contribution in [3.8, 4) is 0 Å². The molecule has 4 aliphatic carbocycles. The van der Waals surface area contributed by atoms with Gasteiger partial charge < -0.3 is 54.3 Å². The molecule has 25 nitrogen and oxygen atoms in total. The summed E-state index contributed by atoms with van der Waals surface area (Å²) in [4.78, 5) is 127. The number of fused-ring (bicyclic) bond motifs is 4. The molecule has 125 heavy (non-hydrogen) atoms. The predicted molar refractivity (Wildman–Crippen MR) is 486 cm³/mol. The van der Waals surface area contributed by atoms with Gasteiger partial charge in [-0.2, -0.15) is 0 Å². The Labute approximate surface area is 745 Å². The fourth-order valence-corrected chi connectivity index (χ4v) is 19.7. The van der Waals surface area contributed by atoms with E-state index in [0.29, 0.717) is 70.1 Å². The molecule has 694 valence electrons. The molecule has 13 rings (SSSR count). The average Bonchev–Trinajstić information content (AvgIpc) is 1.63. The normalized spacial score (nSPS) is 25.4. The Morgan fingerprint density at radius 3 is 1.12 bits per heavy atom. The number of esters is 5. The highest BCUT2D eigenvalue weighted by Crippen LogP contribution is 2.42. The van der Waals surface area contributed by atoms with Gasteiger partial charge in [-0.15, -0.1) is 0 Å². The largest absolute Gasteiger partial charge is 0.480 e. The summed E-state index contributed by atoms with van der Waals surface area (Å²) in [6.45, 7) is 25.4. The number of rotatable bonds is 31. The van der Waals surface area contributed by atoms with E-state index in [4.69, 9.17) is 24.1 Å². The lowest BCUT2D eigenvalue weighted by Gasteiger charge is -2.35. The lowest BCUT2D eigenvalue weighted by molar-refractivity contribution is -0.152. The van der Waals surface area contributed by atoms with E-state index in [1.807, 2.05) is 123 Å². The molecule has 4 aromatic carbocycles. The highest BCUT2D eigenvalue weighted by molar-refractivity contribution is 5.97. The first-order chi connectivity index (χ1) is 60.1. The zero-order chi connectivity index (χ0) is 90.9. The topological polar surface area (TPSA) is 327 Å². The van der Waals surface area contributed by atoms with Crippen molar-refractivity contribution < 1.29 is 81.8 Å². The third-order valence-electron chi connectivity index (χ3n) is 26.1. The van der Waals surface area contributed by atoms with Crippen molar-refractivity contribution in [3.05, 3.63) is 144 Å². The van der Waals surface area contributed by atoms with Gasteiger partial charge in [0.1, 0.15) is 42.0 Å². The van der Waals surface area contributed by atoms with Crippen LogP contribution in [0.5, 0.6) is 0 Å². The molecule has 20 atom stereocenters. The summed E-state index contributed by atoms with van der Waals surface area (Å²) < 4.78 is 25.2. The predicted octanol–water partition coefficient (Wildman–Crippen LogP) is 14.4. The van der Waals surface area contributed by atoms with Gasteiger partial charge in [-0.1, -0.05) is 173 Å². The molecule has 9 aliphatic rings. The third-order valence-corrected chi connectivity index (χ3v) is 26.1. The Morgan fingerprint density at radius 1 is 0.440 bits per heavy atom. The van der Waals surface area contributed by atoms with E-state index in [-0.39, 0.29) is 79.4 Å². The number of carboxylic acid groups (broad SMARTS) is 1. The molecule has 4 saturated carbocycles. The van der Waals surface area contributed by atoms with Gasteiger partial charge in [0.15, 0.2) is 0 Å². The first-order valence-corrected chi connectivity index (χ1v) is 47.3. The van der Waals surface area contributed by atoms with Crippen molar-refractivity contribution in [2.24, 2.45) is 23.7 Å². The molecule has 0 radical (unpaired) electrons. The van der Waals surface area contributed by atoms with Crippen LogP contribution >= 0.6 is 0 Å². The zero-order valence-corrected chi connectivity index (χ0v) is 77.3. The number of aryl methyl sites for hydroxylation is 4. The minimum absolute atomic E-state index is 0.0130. The summed E-state index contributed by atoms with van der Waals surface area (Å²) >= 11 is 0. The van der Waals surface area contributed by atoms with Crippen molar-refractivity contribution in [1.29, 1.82) is 0 Å². The molecule has 0 aromatic heterocycles. The molecule has 4 aromatic rings. The van der Waals surface area contributed by atoms with Crippen molar-refractivity contribution in [3.63, 3.8) is 0 Å². The van der Waals surface area contributed by atoms with Crippen molar-refractivity contribution in [2.75, 3.05) is 33.0 Å². The molecule has 0 unspecified atom stereocenters. The molecule has 25 heteroatoms. The first-order valence-electron chi connectivity index (χ1n) is 47.3. The number of nitrogens with one attached hydrogen (secondary N) is 5. The highest BCUT2D eigenvalue weighted by Gasteiger charge is 2.50. The monoisotopic (exact) mass is 1740 g/mol. The number of hydrogen-bond donors (Lipinski definition) is 7. The molecule has 5 saturated heterocycles. The number of hydrogen-bond acceptors (Lipinski definition) is 21. The molecule has 3 amide bonds.